The van der Waals surface area contributed by atoms with Gasteiger partial charge in [0.05, 0.1) is 22.0 Å². The summed E-state index contributed by atoms with van der Waals surface area (Å²) in [5.74, 6) is -0.0196. The predicted octanol–water partition coefficient (Wildman–Crippen LogP) is 2.75. The maximum atomic E-state index is 13.1. The van der Waals surface area contributed by atoms with Gasteiger partial charge in [-0.25, -0.2) is 8.42 Å². The molecule has 2 aliphatic heterocycles. The van der Waals surface area contributed by atoms with Crippen molar-refractivity contribution in [3.8, 4) is 0 Å². The number of aliphatic hydroxyl groups excluding tert-OH is 1. The molecule has 4 rings (SSSR count). The number of benzene rings is 2. The van der Waals surface area contributed by atoms with Crippen molar-refractivity contribution >= 4 is 31.6 Å². The molecule has 2 heterocycles. The SMILES string of the molecule is C=CCN1[C@H](CO)[C@@H](c2ccc(Br)cc2)C12CN(S(=O)(=O)c1ccc([N+](=O)[O-])cc1)C2. The third kappa shape index (κ3) is 3.52. The van der Waals surface area contributed by atoms with Gasteiger partial charge in [0.25, 0.3) is 5.69 Å². The Bertz CT molecular complexity index is 1100. The van der Waals surface area contributed by atoms with Gasteiger partial charge in [-0.3, -0.25) is 15.0 Å². The van der Waals surface area contributed by atoms with Crippen molar-refractivity contribution in [2.75, 3.05) is 26.2 Å². The van der Waals surface area contributed by atoms with Crippen LogP contribution in [-0.2, 0) is 10.0 Å². The Morgan fingerprint density at radius 3 is 2.32 bits per heavy atom. The van der Waals surface area contributed by atoms with Crippen LogP contribution in [0.5, 0.6) is 0 Å². The van der Waals surface area contributed by atoms with E-state index in [0.717, 1.165) is 10.0 Å². The largest absolute Gasteiger partial charge is 0.395 e. The molecule has 10 heteroatoms. The van der Waals surface area contributed by atoms with Crippen molar-refractivity contribution < 1.29 is 18.4 Å². The van der Waals surface area contributed by atoms with Crippen LogP contribution in [0.3, 0.4) is 0 Å². The van der Waals surface area contributed by atoms with Crippen LogP contribution < -0.4 is 0 Å². The molecule has 0 saturated carbocycles. The Labute approximate surface area is 189 Å². The van der Waals surface area contributed by atoms with E-state index in [2.05, 4.69) is 27.4 Å². The van der Waals surface area contributed by atoms with Crippen molar-refractivity contribution in [3.05, 3.63) is 81.3 Å². The van der Waals surface area contributed by atoms with Gasteiger partial charge < -0.3 is 5.11 Å². The lowest BCUT2D eigenvalue weighted by Gasteiger charge is -2.70. The van der Waals surface area contributed by atoms with Crippen LogP contribution in [0.2, 0.25) is 0 Å². The summed E-state index contributed by atoms with van der Waals surface area (Å²) >= 11 is 3.44. The van der Waals surface area contributed by atoms with Gasteiger partial charge in [-0.05, 0) is 29.8 Å². The molecule has 0 bridgehead atoms. The molecule has 2 aliphatic rings. The van der Waals surface area contributed by atoms with E-state index < -0.39 is 20.5 Å². The predicted molar refractivity (Wildman–Crippen MR) is 119 cm³/mol. The minimum atomic E-state index is -3.78. The number of hydrogen-bond acceptors (Lipinski definition) is 6. The normalized spacial score (nSPS) is 23.2. The van der Waals surface area contributed by atoms with Crippen molar-refractivity contribution in [1.82, 2.24) is 9.21 Å². The van der Waals surface area contributed by atoms with Crippen molar-refractivity contribution in [3.63, 3.8) is 0 Å². The minimum Gasteiger partial charge on any atom is -0.395 e. The molecule has 8 nitrogen and oxygen atoms in total. The molecule has 2 aromatic carbocycles. The van der Waals surface area contributed by atoms with Crippen LogP contribution in [0, 0.1) is 10.1 Å². The average Bonchev–Trinajstić information content (AvgIpc) is 2.71. The first-order chi connectivity index (χ1) is 14.7. The molecule has 1 N–H and O–H groups in total. The molecule has 2 saturated heterocycles. The van der Waals surface area contributed by atoms with Crippen molar-refractivity contribution in [1.29, 1.82) is 0 Å². The van der Waals surface area contributed by atoms with Crippen molar-refractivity contribution in [2.24, 2.45) is 0 Å². The van der Waals surface area contributed by atoms with Crippen LogP contribution >= 0.6 is 15.9 Å². The lowest BCUT2D eigenvalue weighted by atomic mass is 9.61. The van der Waals surface area contributed by atoms with Gasteiger partial charge in [0, 0.05) is 48.2 Å². The summed E-state index contributed by atoms with van der Waals surface area (Å²) in [5, 5.41) is 20.9. The summed E-state index contributed by atoms with van der Waals surface area (Å²) in [6.45, 7) is 4.87. The van der Waals surface area contributed by atoms with E-state index >= 15 is 0 Å². The monoisotopic (exact) mass is 507 g/mol. The van der Waals surface area contributed by atoms with E-state index in [0.29, 0.717) is 6.54 Å². The summed E-state index contributed by atoms with van der Waals surface area (Å²) in [4.78, 5) is 12.4. The third-order valence-electron chi connectivity index (χ3n) is 6.26. The zero-order valence-electron chi connectivity index (χ0n) is 16.6. The summed E-state index contributed by atoms with van der Waals surface area (Å²) in [6, 6.07) is 12.7. The number of likely N-dealkylation sites (tertiary alicyclic amines) is 1. The summed E-state index contributed by atoms with van der Waals surface area (Å²) < 4.78 is 28.5. The topological polar surface area (TPSA) is 104 Å². The van der Waals surface area contributed by atoms with Crippen LogP contribution in [-0.4, -0.2) is 65.5 Å². The van der Waals surface area contributed by atoms with E-state index in [9.17, 15) is 23.6 Å². The van der Waals surface area contributed by atoms with Crippen LogP contribution in [0.1, 0.15) is 11.5 Å². The molecule has 0 amide bonds. The molecule has 0 unspecified atom stereocenters. The molecule has 0 aliphatic carbocycles. The molecule has 31 heavy (non-hydrogen) atoms. The maximum absolute atomic E-state index is 13.1. The molecule has 2 atom stereocenters. The fourth-order valence-electron chi connectivity index (χ4n) is 4.83. The molecular formula is C21H22BrN3O5S. The number of halogens is 1. The second-order valence-electron chi connectivity index (χ2n) is 7.85. The van der Waals surface area contributed by atoms with Gasteiger partial charge in [-0.15, -0.1) is 6.58 Å². The molecular weight excluding hydrogens is 486 g/mol. The first kappa shape index (κ1) is 22.1. The Balaban J connectivity index is 1.61. The zero-order valence-corrected chi connectivity index (χ0v) is 19.0. The smallest absolute Gasteiger partial charge is 0.269 e. The van der Waals surface area contributed by atoms with Crippen LogP contribution in [0.15, 0.2) is 70.6 Å². The van der Waals surface area contributed by atoms with Crippen molar-refractivity contribution in [2.45, 2.75) is 22.4 Å². The van der Waals surface area contributed by atoms with Gasteiger partial charge in [0.2, 0.25) is 10.0 Å². The number of nitrogens with zero attached hydrogens (tertiary/aromatic N) is 3. The molecule has 164 valence electrons. The van der Waals surface area contributed by atoms with Crippen LogP contribution in [0.25, 0.3) is 0 Å². The standard InChI is InChI=1S/C21H22BrN3O5S/c1-2-11-24-19(12-26)20(15-3-5-16(22)6-4-15)21(24)13-23(14-21)31(29,30)18-9-7-17(8-10-18)25(27)28/h2-10,19-20,26H,1,11-14H2/t19-,20-/m1/s1. The second kappa shape index (κ2) is 8.10. The molecule has 1 spiro atoms. The number of aliphatic hydroxyl groups is 1. The third-order valence-corrected chi connectivity index (χ3v) is 8.60. The molecule has 0 radical (unpaired) electrons. The quantitative estimate of drug-likeness (QED) is 0.351. The van der Waals surface area contributed by atoms with Gasteiger partial charge in [0.15, 0.2) is 0 Å². The highest BCUT2D eigenvalue weighted by atomic mass is 79.9. The first-order valence-electron chi connectivity index (χ1n) is 9.73. The van der Waals surface area contributed by atoms with E-state index in [1.165, 1.54) is 28.6 Å². The number of hydrogen-bond donors (Lipinski definition) is 1. The number of nitro benzene ring substituents is 1. The second-order valence-corrected chi connectivity index (χ2v) is 10.7. The fraction of sp³-hybridized carbons (Fsp3) is 0.333. The summed E-state index contributed by atoms with van der Waals surface area (Å²) in [6.07, 6.45) is 1.76. The highest BCUT2D eigenvalue weighted by Crippen LogP contribution is 2.54. The highest BCUT2D eigenvalue weighted by Gasteiger charge is 2.66. The lowest BCUT2D eigenvalue weighted by molar-refractivity contribution is -0.384. The van der Waals surface area contributed by atoms with E-state index in [4.69, 9.17) is 0 Å². The van der Waals surface area contributed by atoms with E-state index in [1.54, 1.807) is 6.08 Å². The maximum Gasteiger partial charge on any atom is 0.269 e. The van der Waals surface area contributed by atoms with Gasteiger partial charge >= 0.3 is 0 Å². The number of rotatable bonds is 7. The minimum absolute atomic E-state index is 0.0196. The Kier molecular flexibility index (Phi) is 5.78. The van der Waals surface area contributed by atoms with E-state index in [1.807, 2.05) is 24.3 Å². The highest BCUT2D eigenvalue weighted by molar-refractivity contribution is 9.10. The zero-order chi connectivity index (χ0) is 22.4. The molecule has 2 fully saturated rings. The number of nitro groups is 1. The van der Waals surface area contributed by atoms with E-state index in [-0.39, 0.29) is 42.2 Å². The van der Waals surface area contributed by atoms with Crippen LogP contribution in [0.4, 0.5) is 5.69 Å². The average molecular weight is 508 g/mol. The Hall–Kier alpha value is -2.11. The fourth-order valence-corrected chi connectivity index (χ4v) is 6.66. The number of non-ortho nitro benzene ring substituents is 1. The molecule has 0 aromatic heterocycles. The number of sulfonamides is 1. The Morgan fingerprint density at radius 1 is 1.19 bits per heavy atom. The van der Waals surface area contributed by atoms with Gasteiger partial charge in [-0.2, -0.15) is 4.31 Å². The first-order valence-corrected chi connectivity index (χ1v) is 12.0. The van der Waals surface area contributed by atoms with Gasteiger partial charge in [0.1, 0.15) is 0 Å². The van der Waals surface area contributed by atoms with Gasteiger partial charge in [-0.1, -0.05) is 34.1 Å². The lowest BCUT2D eigenvalue weighted by Crippen LogP contribution is -2.84. The molecule has 2 aromatic rings. The summed E-state index contributed by atoms with van der Waals surface area (Å²) in [5.41, 5.74) is 0.467. The Morgan fingerprint density at radius 2 is 1.81 bits per heavy atom. The summed E-state index contributed by atoms with van der Waals surface area (Å²) in [7, 11) is -3.78.